The molecule has 0 fully saturated rings. The number of aliphatic hydroxyl groups excluding tert-OH is 1. The number of unbranched alkanes of at least 4 members (excludes halogenated alkanes) is 5. The van der Waals surface area contributed by atoms with E-state index in [0.717, 1.165) is 37.1 Å². The highest BCUT2D eigenvalue weighted by molar-refractivity contribution is 5.29. The first-order chi connectivity index (χ1) is 10.2. The van der Waals surface area contributed by atoms with Crippen molar-refractivity contribution < 1.29 is 5.11 Å². The summed E-state index contributed by atoms with van der Waals surface area (Å²) in [5.41, 5.74) is 3.44. The maximum atomic E-state index is 10.3. The molecule has 1 heterocycles. The van der Waals surface area contributed by atoms with Gasteiger partial charge in [-0.15, -0.1) is 0 Å². The van der Waals surface area contributed by atoms with Crippen molar-refractivity contribution in [3.05, 3.63) is 17.0 Å². The van der Waals surface area contributed by atoms with Crippen molar-refractivity contribution in [2.75, 3.05) is 0 Å². The molecule has 0 aliphatic carbocycles. The van der Waals surface area contributed by atoms with E-state index in [0.29, 0.717) is 0 Å². The van der Waals surface area contributed by atoms with Gasteiger partial charge in [-0.2, -0.15) is 5.10 Å². The predicted octanol–water partition coefficient (Wildman–Crippen LogP) is 4.81. The summed E-state index contributed by atoms with van der Waals surface area (Å²) in [7, 11) is 0. The van der Waals surface area contributed by atoms with Crippen molar-refractivity contribution in [3.63, 3.8) is 0 Å². The van der Waals surface area contributed by atoms with E-state index in [1.54, 1.807) is 0 Å². The molecule has 21 heavy (non-hydrogen) atoms. The molecule has 0 spiro atoms. The Bertz CT molecular complexity index is 398. The first-order valence-corrected chi connectivity index (χ1v) is 8.95. The van der Waals surface area contributed by atoms with Crippen LogP contribution in [-0.4, -0.2) is 14.9 Å². The van der Waals surface area contributed by atoms with E-state index in [1.807, 2.05) is 6.92 Å². The number of rotatable bonds is 11. The monoisotopic (exact) mass is 294 g/mol. The van der Waals surface area contributed by atoms with Crippen LogP contribution in [-0.2, 0) is 19.4 Å². The third-order valence-electron chi connectivity index (χ3n) is 4.29. The second-order valence-electron chi connectivity index (χ2n) is 5.93. The minimum Gasteiger partial charge on any atom is -0.388 e. The summed E-state index contributed by atoms with van der Waals surface area (Å²) >= 11 is 0. The number of aryl methyl sites for hydroxylation is 2. The van der Waals surface area contributed by atoms with Crippen molar-refractivity contribution in [2.45, 2.75) is 98.1 Å². The SMILES string of the molecule is CCCCCCCCn1nc(CC)c(C(O)CC)c1CC. The molecule has 1 aromatic heterocycles. The summed E-state index contributed by atoms with van der Waals surface area (Å²) in [6.07, 6.45) is 10.1. The van der Waals surface area contributed by atoms with Crippen LogP contribution >= 0.6 is 0 Å². The van der Waals surface area contributed by atoms with Crippen molar-refractivity contribution in [2.24, 2.45) is 0 Å². The lowest BCUT2D eigenvalue weighted by Crippen LogP contribution is -2.07. The van der Waals surface area contributed by atoms with Gasteiger partial charge in [-0.1, -0.05) is 59.8 Å². The molecule has 0 radical (unpaired) electrons. The third-order valence-corrected chi connectivity index (χ3v) is 4.29. The smallest absolute Gasteiger partial charge is 0.0823 e. The maximum Gasteiger partial charge on any atom is 0.0823 e. The minimum absolute atomic E-state index is 0.354. The van der Waals surface area contributed by atoms with Crippen LogP contribution in [0.25, 0.3) is 0 Å². The van der Waals surface area contributed by atoms with Gasteiger partial charge in [-0.3, -0.25) is 4.68 Å². The van der Waals surface area contributed by atoms with Crippen molar-refractivity contribution >= 4 is 0 Å². The molecule has 1 atom stereocenters. The molecule has 3 nitrogen and oxygen atoms in total. The molecule has 0 aliphatic heterocycles. The van der Waals surface area contributed by atoms with Crippen LogP contribution in [0.3, 0.4) is 0 Å². The molecular formula is C18H34N2O. The van der Waals surface area contributed by atoms with Gasteiger partial charge in [-0.25, -0.2) is 0 Å². The standard InChI is InChI=1S/C18H34N2O/c1-5-9-10-11-12-13-14-20-16(7-3)18(17(21)8-4)15(6-2)19-20/h17,21H,5-14H2,1-4H3. The van der Waals surface area contributed by atoms with Crippen molar-refractivity contribution in [1.82, 2.24) is 9.78 Å². The minimum atomic E-state index is -0.354. The maximum absolute atomic E-state index is 10.3. The van der Waals surface area contributed by atoms with E-state index in [9.17, 15) is 5.11 Å². The molecule has 0 saturated heterocycles. The van der Waals surface area contributed by atoms with Gasteiger partial charge >= 0.3 is 0 Å². The highest BCUT2D eigenvalue weighted by Gasteiger charge is 2.20. The van der Waals surface area contributed by atoms with Crippen LogP contribution in [0.5, 0.6) is 0 Å². The normalized spacial score (nSPS) is 12.8. The zero-order chi connectivity index (χ0) is 15.7. The highest BCUT2D eigenvalue weighted by atomic mass is 16.3. The van der Waals surface area contributed by atoms with Crippen LogP contribution in [0.15, 0.2) is 0 Å². The Balaban J connectivity index is 2.67. The van der Waals surface area contributed by atoms with Gasteiger partial charge in [0.1, 0.15) is 0 Å². The molecular weight excluding hydrogens is 260 g/mol. The lowest BCUT2D eigenvalue weighted by Gasteiger charge is -2.11. The molecule has 0 aromatic carbocycles. The van der Waals surface area contributed by atoms with Gasteiger partial charge in [0.2, 0.25) is 0 Å². The quantitative estimate of drug-likeness (QED) is 0.595. The van der Waals surface area contributed by atoms with E-state index in [4.69, 9.17) is 5.10 Å². The molecule has 0 aliphatic rings. The first kappa shape index (κ1) is 18.2. The van der Waals surface area contributed by atoms with E-state index in [2.05, 4.69) is 25.5 Å². The molecule has 1 rings (SSSR count). The van der Waals surface area contributed by atoms with Gasteiger partial charge in [0.05, 0.1) is 11.8 Å². The van der Waals surface area contributed by atoms with E-state index in [1.165, 1.54) is 44.2 Å². The summed E-state index contributed by atoms with van der Waals surface area (Å²) in [5, 5.41) is 15.0. The Labute approximate surface area is 130 Å². The summed E-state index contributed by atoms with van der Waals surface area (Å²) < 4.78 is 2.16. The predicted molar refractivity (Wildman–Crippen MR) is 89.6 cm³/mol. The van der Waals surface area contributed by atoms with Gasteiger partial charge in [0.15, 0.2) is 0 Å². The topological polar surface area (TPSA) is 38.0 Å². The summed E-state index contributed by atoms with van der Waals surface area (Å²) in [6, 6.07) is 0. The van der Waals surface area contributed by atoms with E-state index >= 15 is 0 Å². The zero-order valence-corrected chi connectivity index (χ0v) is 14.5. The van der Waals surface area contributed by atoms with Crippen LogP contribution < -0.4 is 0 Å². The molecule has 1 N–H and O–H groups in total. The van der Waals surface area contributed by atoms with E-state index < -0.39 is 0 Å². The van der Waals surface area contributed by atoms with Crippen molar-refractivity contribution in [1.29, 1.82) is 0 Å². The Morgan fingerprint density at radius 1 is 0.952 bits per heavy atom. The van der Waals surface area contributed by atoms with Crippen LogP contribution in [0.1, 0.15) is 95.7 Å². The number of hydrogen-bond donors (Lipinski definition) is 1. The summed E-state index contributed by atoms with van der Waals surface area (Å²) in [5.74, 6) is 0. The molecule has 0 amide bonds. The Morgan fingerprint density at radius 3 is 2.19 bits per heavy atom. The van der Waals surface area contributed by atoms with E-state index in [-0.39, 0.29) is 6.10 Å². The third kappa shape index (κ3) is 5.14. The summed E-state index contributed by atoms with van der Waals surface area (Å²) in [6.45, 7) is 9.58. The fourth-order valence-corrected chi connectivity index (χ4v) is 3.02. The van der Waals surface area contributed by atoms with Crippen LogP contribution in [0.2, 0.25) is 0 Å². The number of hydrogen-bond acceptors (Lipinski definition) is 2. The second kappa shape index (κ2) is 9.99. The van der Waals surface area contributed by atoms with Gasteiger partial charge in [0.25, 0.3) is 0 Å². The average molecular weight is 294 g/mol. The molecule has 1 aromatic rings. The van der Waals surface area contributed by atoms with Crippen molar-refractivity contribution in [3.8, 4) is 0 Å². The molecule has 1 unspecified atom stereocenters. The molecule has 0 bridgehead atoms. The lowest BCUT2D eigenvalue weighted by atomic mass is 10.0. The molecule has 3 heteroatoms. The highest BCUT2D eigenvalue weighted by Crippen LogP contribution is 2.26. The van der Waals surface area contributed by atoms with Gasteiger partial charge in [0, 0.05) is 17.8 Å². The Kier molecular flexibility index (Phi) is 8.67. The Morgan fingerprint density at radius 2 is 1.62 bits per heavy atom. The largest absolute Gasteiger partial charge is 0.388 e. The number of nitrogens with zero attached hydrogens (tertiary/aromatic N) is 2. The number of aliphatic hydroxyl groups is 1. The zero-order valence-electron chi connectivity index (χ0n) is 14.5. The molecule has 0 saturated carbocycles. The first-order valence-electron chi connectivity index (χ1n) is 8.95. The molecule has 122 valence electrons. The van der Waals surface area contributed by atoms with Crippen LogP contribution in [0.4, 0.5) is 0 Å². The van der Waals surface area contributed by atoms with Gasteiger partial charge < -0.3 is 5.11 Å². The van der Waals surface area contributed by atoms with Crippen LogP contribution in [0, 0.1) is 0 Å². The van der Waals surface area contributed by atoms with Gasteiger partial charge in [-0.05, 0) is 25.7 Å². The Hall–Kier alpha value is -0.830. The number of aromatic nitrogens is 2. The summed E-state index contributed by atoms with van der Waals surface area (Å²) in [4.78, 5) is 0. The lowest BCUT2D eigenvalue weighted by molar-refractivity contribution is 0.171. The fourth-order valence-electron chi connectivity index (χ4n) is 3.02. The average Bonchev–Trinajstić information content (AvgIpc) is 2.87. The fraction of sp³-hybridized carbons (Fsp3) is 0.833. The second-order valence-corrected chi connectivity index (χ2v) is 5.93.